The van der Waals surface area contributed by atoms with Crippen molar-refractivity contribution < 1.29 is 0 Å². The molecule has 3 aromatic rings. The third kappa shape index (κ3) is 3.44. The Morgan fingerprint density at radius 1 is 0.897 bits per heavy atom. The summed E-state index contributed by atoms with van der Waals surface area (Å²) in [5.74, 6) is 0. The van der Waals surface area contributed by atoms with Gasteiger partial charge in [0.05, 0.1) is 17.8 Å². The molecule has 1 aliphatic carbocycles. The van der Waals surface area contributed by atoms with Crippen LogP contribution in [0.2, 0.25) is 0 Å². The van der Waals surface area contributed by atoms with Crippen LogP contribution in [0.15, 0.2) is 73.1 Å². The third-order valence-corrected chi connectivity index (χ3v) is 6.55. The monoisotopic (exact) mass is 402 g/mol. The highest BCUT2D eigenvalue weighted by Gasteiger charge is 2.44. The maximum atomic E-state index is 5.89. The zero-order valence-corrected chi connectivity index (χ0v) is 17.3. The number of nitrogens with one attached hydrogen (secondary N) is 1. The van der Waals surface area contributed by atoms with Gasteiger partial charge in [-0.15, -0.1) is 0 Å². The predicted molar refractivity (Wildman–Crippen MR) is 120 cm³/mol. The summed E-state index contributed by atoms with van der Waals surface area (Å²) in [5, 5.41) is 4.48. The molecule has 5 rings (SSSR count). The van der Waals surface area contributed by atoms with Crippen molar-refractivity contribution in [2.24, 2.45) is 0 Å². The molecule has 0 radical (unpaired) electrons. The summed E-state index contributed by atoms with van der Waals surface area (Å²) >= 11 is 5.89. The third-order valence-electron chi connectivity index (χ3n) is 6.22. The molecular formula is C24H26N4S. The van der Waals surface area contributed by atoms with E-state index in [0.29, 0.717) is 6.04 Å². The first-order valence-corrected chi connectivity index (χ1v) is 11.0. The number of para-hydroxylation sites is 1. The van der Waals surface area contributed by atoms with Gasteiger partial charge in [-0.2, -0.15) is 0 Å². The van der Waals surface area contributed by atoms with E-state index in [0.717, 1.165) is 10.8 Å². The van der Waals surface area contributed by atoms with E-state index >= 15 is 0 Å². The lowest BCUT2D eigenvalue weighted by Crippen LogP contribution is -2.40. The maximum Gasteiger partial charge on any atom is 0.170 e. The van der Waals surface area contributed by atoms with Crippen LogP contribution < -0.4 is 5.32 Å². The summed E-state index contributed by atoms with van der Waals surface area (Å²) in [6, 6.07) is 21.7. The molecule has 2 aliphatic rings. The van der Waals surface area contributed by atoms with Crippen molar-refractivity contribution >= 4 is 17.3 Å². The topological polar surface area (TPSA) is 33.1 Å². The van der Waals surface area contributed by atoms with Gasteiger partial charge in [0.15, 0.2) is 5.11 Å². The minimum atomic E-state index is 0.0444. The van der Waals surface area contributed by atoms with E-state index in [1.165, 1.54) is 43.5 Å². The number of hydrogen-bond acceptors (Lipinski definition) is 2. The lowest BCUT2D eigenvalue weighted by molar-refractivity contribution is 0.193. The molecule has 1 aromatic carbocycles. The van der Waals surface area contributed by atoms with E-state index in [2.05, 4.69) is 80.6 Å². The molecule has 3 heterocycles. The van der Waals surface area contributed by atoms with Crippen molar-refractivity contribution in [1.82, 2.24) is 19.8 Å². The molecule has 2 fully saturated rings. The van der Waals surface area contributed by atoms with Crippen LogP contribution in [0.3, 0.4) is 0 Å². The molecule has 1 N–H and O–H groups in total. The Balaban J connectivity index is 1.61. The number of aromatic nitrogens is 2. The molecule has 5 heteroatoms. The Hall–Kier alpha value is -2.66. The first kappa shape index (κ1) is 18.4. The first-order valence-electron chi connectivity index (χ1n) is 10.6. The zero-order chi connectivity index (χ0) is 19.6. The number of benzene rings is 1. The Bertz CT molecular complexity index is 963. The van der Waals surface area contributed by atoms with Crippen LogP contribution in [-0.2, 0) is 0 Å². The van der Waals surface area contributed by atoms with Gasteiger partial charge in [-0.1, -0.05) is 43.5 Å². The minimum Gasteiger partial charge on any atom is -0.352 e. The normalized spacial score (nSPS) is 22.6. The van der Waals surface area contributed by atoms with Crippen LogP contribution in [0.1, 0.15) is 55.6 Å². The van der Waals surface area contributed by atoms with Gasteiger partial charge in [-0.05, 0) is 61.5 Å². The van der Waals surface area contributed by atoms with Crippen molar-refractivity contribution in [2.75, 3.05) is 0 Å². The van der Waals surface area contributed by atoms with E-state index in [9.17, 15) is 0 Å². The van der Waals surface area contributed by atoms with E-state index < -0.39 is 0 Å². The molecule has 148 valence electrons. The molecule has 2 unspecified atom stereocenters. The molecule has 29 heavy (non-hydrogen) atoms. The average Bonchev–Trinajstić information content (AvgIpc) is 3.40. The van der Waals surface area contributed by atoms with Gasteiger partial charge in [-0.3, -0.25) is 4.98 Å². The molecular weight excluding hydrogens is 376 g/mol. The van der Waals surface area contributed by atoms with Crippen LogP contribution in [-0.4, -0.2) is 25.6 Å². The van der Waals surface area contributed by atoms with Crippen LogP contribution in [0, 0.1) is 0 Å². The smallest absolute Gasteiger partial charge is 0.170 e. The van der Waals surface area contributed by atoms with E-state index in [1.54, 1.807) is 0 Å². The number of nitrogens with zero attached hydrogens (tertiary/aromatic N) is 3. The Labute approximate surface area is 177 Å². The lowest BCUT2D eigenvalue weighted by atomic mass is 9.92. The van der Waals surface area contributed by atoms with Crippen LogP contribution in [0.5, 0.6) is 0 Å². The lowest BCUT2D eigenvalue weighted by Gasteiger charge is -2.37. The molecule has 1 saturated carbocycles. The van der Waals surface area contributed by atoms with E-state index in [4.69, 9.17) is 12.2 Å². The molecule has 2 atom stereocenters. The summed E-state index contributed by atoms with van der Waals surface area (Å²) in [5.41, 5.74) is 3.47. The fourth-order valence-corrected chi connectivity index (χ4v) is 5.28. The summed E-state index contributed by atoms with van der Waals surface area (Å²) < 4.78 is 2.30. The second-order valence-electron chi connectivity index (χ2n) is 7.96. The number of pyridine rings is 1. The summed E-state index contributed by atoms with van der Waals surface area (Å²) in [6.45, 7) is 0. The van der Waals surface area contributed by atoms with Gasteiger partial charge in [0.2, 0.25) is 0 Å². The second kappa shape index (κ2) is 7.99. The largest absolute Gasteiger partial charge is 0.352 e. The molecule has 1 saturated heterocycles. The number of hydrogen-bond donors (Lipinski definition) is 1. The van der Waals surface area contributed by atoms with Crippen molar-refractivity contribution in [3.05, 3.63) is 84.4 Å². The highest BCUT2D eigenvalue weighted by molar-refractivity contribution is 7.80. The molecule has 0 spiro atoms. The maximum absolute atomic E-state index is 5.89. The van der Waals surface area contributed by atoms with Crippen LogP contribution in [0.25, 0.3) is 5.69 Å². The SMILES string of the molecule is S=C1NC(c2ccccn2)C(c2cccn2-c2ccccc2)N1C1CCCCC1. The van der Waals surface area contributed by atoms with Gasteiger partial charge in [-0.25, -0.2) is 0 Å². The van der Waals surface area contributed by atoms with E-state index in [-0.39, 0.29) is 12.1 Å². The van der Waals surface area contributed by atoms with Gasteiger partial charge in [0.25, 0.3) is 0 Å². The molecule has 4 nitrogen and oxygen atoms in total. The van der Waals surface area contributed by atoms with Crippen molar-refractivity contribution in [1.29, 1.82) is 0 Å². The van der Waals surface area contributed by atoms with Crippen LogP contribution in [0.4, 0.5) is 0 Å². The highest BCUT2D eigenvalue weighted by atomic mass is 32.1. The Morgan fingerprint density at radius 2 is 1.69 bits per heavy atom. The number of rotatable bonds is 4. The highest BCUT2D eigenvalue weighted by Crippen LogP contribution is 2.43. The first-order chi connectivity index (χ1) is 14.3. The standard InChI is InChI=1S/C24H26N4S/c29-24-26-22(20-14-7-8-16-25-20)23(28(24)19-12-5-2-6-13-19)21-15-9-17-27(21)18-10-3-1-4-11-18/h1,3-4,7-11,14-17,19,22-23H,2,5-6,12-13H2,(H,26,29). The zero-order valence-electron chi connectivity index (χ0n) is 16.4. The van der Waals surface area contributed by atoms with Crippen molar-refractivity contribution in [3.63, 3.8) is 0 Å². The second-order valence-corrected chi connectivity index (χ2v) is 8.35. The molecule has 2 aromatic heterocycles. The molecule has 0 amide bonds. The van der Waals surface area contributed by atoms with Gasteiger partial charge < -0.3 is 14.8 Å². The fraction of sp³-hybridized carbons (Fsp3) is 0.333. The Morgan fingerprint density at radius 3 is 2.45 bits per heavy atom. The fourth-order valence-electron chi connectivity index (χ4n) is 4.89. The summed E-state index contributed by atoms with van der Waals surface area (Å²) in [4.78, 5) is 7.15. The summed E-state index contributed by atoms with van der Waals surface area (Å²) in [7, 11) is 0. The van der Waals surface area contributed by atoms with Crippen molar-refractivity contribution in [2.45, 2.75) is 50.2 Å². The number of thiocarbonyl (C=S) groups is 1. The van der Waals surface area contributed by atoms with Crippen LogP contribution >= 0.6 is 12.2 Å². The molecule has 0 bridgehead atoms. The van der Waals surface area contributed by atoms with Gasteiger partial charge in [0, 0.05) is 29.8 Å². The van der Waals surface area contributed by atoms with Gasteiger partial charge in [0.1, 0.15) is 0 Å². The molecule has 1 aliphatic heterocycles. The van der Waals surface area contributed by atoms with E-state index in [1.807, 2.05) is 12.3 Å². The minimum absolute atomic E-state index is 0.0444. The van der Waals surface area contributed by atoms with Crippen molar-refractivity contribution in [3.8, 4) is 5.69 Å². The quantitative estimate of drug-likeness (QED) is 0.610. The summed E-state index contributed by atoms with van der Waals surface area (Å²) in [6.07, 6.45) is 10.3. The Kier molecular flexibility index (Phi) is 5.06. The van der Waals surface area contributed by atoms with Gasteiger partial charge >= 0.3 is 0 Å². The average molecular weight is 403 g/mol. The predicted octanol–water partition coefficient (Wildman–Crippen LogP) is 5.18.